The topological polar surface area (TPSA) is 54.5 Å². The van der Waals surface area contributed by atoms with Crippen molar-refractivity contribution in [2.24, 2.45) is 5.41 Å². The van der Waals surface area contributed by atoms with Gasteiger partial charge in [-0.15, -0.1) is 0 Å². The molecule has 0 radical (unpaired) electrons. The number of anilines is 2. The second kappa shape index (κ2) is 11.1. The Labute approximate surface area is 243 Å². The maximum Gasteiger partial charge on any atom is 0.258 e. The van der Waals surface area contributed by atoms with Crippen LogP contribution >= 0.6 is 22.6 Å². The van der Waals surface area contributed by atoms with Gasteiger partial charge in [-0.25, -0.2) is 4.39 Å². The third kappa shape index (κ3) is 5.39. The van der Waals surface area contributed by atoms with Crippen molar-refractivity contribution in [2.45, 2.75) is 48.9 Å². The average molecular weight is 650 g/mol. The van der Waals surface area contributed by atoms with Crippen molar-refractivity contribution in [3.05, 3.63) is 53.3 Å². The number of carbonyl (C=O) groups excluding carboxylic acids is 1. The normalized spacial score (nSPS) is 24.1. The Morgan fingerprint density at radius 2 is 2.03 bits per heavy atom. The standard InChI is InChI=1S/C30H37FIN3O4/c1-20(16-37-2)34-18-30(19-34)10-12-33(17-30)26-8-5-22(15-25(26)31)35-11-9-21-14-23(6-7-24(21)29(35)36)39-28(32)27-4-3-13-38-27/h5-8,14-15,20,27-28H,3-4,9-13,16-19H2,1-2H3/t20?,27?,28-/m1/s1. The fourth-order valence-electron chi connectivity index (χ4n) is 6.59. The van der Waals surface area contributed by atoms with Gasteiger partial charge in [0, 0.05) is 69.1 Å². The molecule has 7 nitrogen and oxygen atoms in total. The van der Waals surface area contributed by atoms with Crippen LogP contribution in [-0.4, -0.2) is 80.1 Å². The van der Waals surface area contributed by atoms with E-state index in [2.05, 4.69) is 39.3 Å². The minimum absolute atomic E-state index is 0.0617. The first-order chi connectivity index (χ1) is 18.9. The second-order valence-electron chi connectivity index (χ2n) is 11.6. The summed E-state index contributed by atoms with van der Waals surface area (Å²) in [5, 5.41) is 0. The fraction of sp³-hybridized carbons (Fsp3) is 0.567. The number of carbonyl (C=O) groups is 1. The Balaban J connectivity index is 1.10. The summed E-state index contributed by atoms with van der Waals surface area (Å²) in [6, 6.07) is 11.3. The van der Waals surface area contributed by atoms with Gasteiger partial charge in [-0.3, -0.25) is 9.69 Å². The minimum Gasteiger partial charge on any atom is -0.477 e. The highest BCUT2D eigenvalue weighted by molar-refractivity contribution is 14.1. The predicted molar refractivity (Wildman–Crippen MR) is 158 cm³/mol. The van der Waals surface area contributed by atoms with Crippen LogP contribution in [0, 0.1) is 11.2 Å². The van der Waals surface area contributed by atoms with Crippen molar-refractivity contribution in [2.75, 3.05) is 62.8 Å². The molecule has 210 valence electrons. The molecule has 4 aliphatic heterocycles. The monoisotopic (exact) mass is 649 g/mol. The van der Waals surface area contributed by atoms with E-state index in [0.717, 1.165) is 70.0 Å². The van der Waals surface area contributed by atoms with E-state index in [-0.39, 0.29) is 27.4 Å². The lowest BCUT2D eigenvalue weighted by molar-refractivity contribution is -0.0331. The molecule has 2 unspecified atom stereocenters. The summed E-state index contributed by atoms with van der Waals surface area (Å²) >= 11 is 2.28. The number of benzene rings is 2. The summed E-state index contributed by atoms with van der Waals surface area (Å²) in [6.45, 7) is 8.02. The Hall–Kier alpha value is -1.95. The number of nitrogens with zero attached hydrogens (tertiary/aromatic N) is 3. The third-order valence-corrected chi connectivity index (χ3v) is 9.85. The van der Waals surface area contributed by atoms with Crippen molar-refractivity contribution < 1.29 is 23.4 Å². The van der Waals surface area contributed by atoms with Crippen LogP contribution in [0.1, 0.15) is 42.1 Å². The number of likely N-dealkylation sites (tertiary alicyclic amines) is 1. The number of amides is 1. The van der Waals surface area contributed by atoms with Crippen LogP contribution in [0.4, 0.5) is 15.8 Å². The minimum atomic E-state index is -0.266. The molecule has 0 aliphatic carbocycles. The molecule has 2 aromatic carbocycles. The fourth-order valence-corrected chi connectivity index (χ4v) is 7.45. The van der Waals surface area contributed by atoms with Crippen molar-refractivity contribution in [1.29, 1.82) is 0 Å². The number of methoxy groups -OCH3 is 1. The molecule has 6 rings (SSSR count). The maximum atomic E-state index is 15.4. The van der Waals surface area contributed by atoms with Crippen LogP contribution in [0.25, 0.3) is 0 Å². The first kappa shape index (κ1) is 27.2. The lowest BCUT2D eigenvalue weighted by atomic mass is 9.78. The molecule has 9 heteroatoms. The highest BCUT2D eigenvalue weighted by Gasteiger charge is 2.49. The summed E-state index contributed by atoms with van der Waals surface area (Å²) in [5.74, 6) is 0.393. The van der Waals surface area contributed by atoms with Gasteiger partial charge >= 0.3 is 0 Å². The lowest BCUT2D eigenvalue weighted by Crippen LogP contribution is -2.61. The number of alkyl halides is 1. The Morgan fingerprint density at radius 1 is 1.18 bits per heavy atom. The van der Waals surface area contributed by atoms with Crippen LogP contribution < -0.4 is 14.5 Å². The van der Waals surface area contributed by atoms with Gasteiger partial charge in [-0.05, 0) is 97.2 Å². The molecule has 3 saturated heterocycles. The highest BCUT2D eigenvalue weighted by Crippen LogP contribution is 2.43. The van der Waals surface area contributed by atoms with Crippen LogP contribution in [0.2, 0.25) is 0 Å². The van der Waals surface area contributed by atoms with E-state index in [1.807, 2.05) is 30.3 Å². The molecule has 1 amide bonds. The molecule has 4 heterocycles. The number of hydrogen-bond acceptors (Lipinski definition) is 6. The summed E-state index contributed by atoms with van der Waals surface area (Å²) in [7, 11) is 1.74. The smallest absolute Gasteiger partial charge is 0.258 e. The van der Waals surface area contributed by atoms with Crippen LogP contribution in [0.5, 0.6) is 5.75 Å². The van der Waals surface area contributed by atoms with E-state index in [1.165, 1.54) is 6.07 Å². The van der Waals surface area contributed by atoms with Gasteiger partial charge in [-0.2, -0.15) is 0 Å². The Morgan fingerprint density at radius 3 is 2.77 bits per heavy atom. The van der Waals surface area contributed by atoms with Gasteiger partial charge in [0.25, 0.3) is 5.91 Å². The summed E-state index contributed by atoms with van der Waals surface area (Å²) in [6.07, 6.45) is 3.95. The predicted octanol–water partition coefficient (Wildman–Crippen LogP) is 4.89. The van der Waals surface area contributed by atoms with Gasteiger partial charge in [0.2, 0.25) is 0 Å². The number of halogens is 2. The highest BCUT2D eigenvalue weighted by atomic mass is 127. The van der Waals surface area contributed by atoms with Crippen LogP contribution in [0.3, 0.4) is 0 Å². The summed E-state index contributed by atoms with van der Waals surface area (Å²) in [5.41, 5.74) is 3.10. The van der Waals surface area contributed by atoms with Crippen LogP contribution in [0.15, 0.2) is 36.4 Å². The molecule has 3 atom stereocenters. The number of hydrogen-bond donors (Lipinski definition) is 0. The van der Waals surface area contributed by atoms with E-state index in [4.69, 9.17) is 14.2 Å². The van der Waals surface area contributed by atoms with E-state index < -0.39 is 0 Å². The van der Waals surface area contributed by atoms with E-state index in [9.17, 15) is 4.79 Å². The van der Waals surface area contributed by atoms with Gasteiger partial charge in [-0.1, -0.05) is 0 Å². The molecule has 4 aliphatic rings. The zero-order valence-corrected chi connectivity index (χ0v) is 24.9. The molecule has 0 bridgehead atoms. The van der Waals surface area contributed by atoms with Crippen LogP contribution in [-0.2, 0) is 15.9 Å². The van der Waals surface area contributed by atoms with E-state index >= 15 is 4.39 Å². The van der Waals surface area contributed by atoms with Gasteiger partial charge in [0.15, 0.2) is 4.11 Å². The molecule has 1 spiro atoms. The zero-order valence-electron chi connectivity index (χ0n) is 22.7. The molecule has 2 aromatic rings. The summed E-state index contributed by atoms with van der Waals surface area (Å²) < 4.78 is 32.5. The van der Waals surface area contributed by atoms with Crippen molar-refractivity contribution in [3.63, 3.8) is 0 Å². The average Bonchev–Trinajstić information content (AvgIpc) is 3.59. The number of fused-ring (bicyclic) bond motifs is 1. The first-order valence-electron chi connectivity index (χ1n) is 14.0. The van der Waals surface area contributed by atoms with Crippen molar-refractivity contribution in [3.8, 4) is 5.75 Å². The first-order valence-corrected chi connectivity index (χ1v) is 15.2. The summed E-state index contributed by atoms with van der Waals surface area (Å²) in [4.78, 5) is 19.7. The largest absolute Gasteiger partial charge is 0.477 e. The molecule has 0 saturated carbocycles. The van der Waals surface area contributed by atoms with E-state index in [1.54, 1.807) is 12.0 Å². The third-order valence-electron chi connectivity index (χ3n) is 8.79. The van der Waals surface area contributed by atoms with Crippen molar-refractivity contribution >= 4 is 39.9 Å². The second-order valence-corrected chi connectivity index (χ2v) is 12.8. The molecule has 0 N–H and O–H groups in total. The molecule has 0 aromatic heterocycles. The molecular weight excluding hydrogens is 612 g/mol. The molecular formula is C30H37FIN3O4. The Kier molecular flexibility index (Phi) is 7.78. The SMILES string of the molecule is COCC(C)N1CC2(CCN(c3ccc(N4CCc5cc(O[C@@H](I)C6CCCO6)ccc5C4=O)cc3F)C2)C1. The Bertz CT molecular complexity index is 1220. The zero-order chi connectivity index (χ0) is 27.1. The van der Waals surface area contributed by atoms with Gasteiger partial charge in [0.05, 0.1) is 12.3 Å². The lowest BCUT2D eigenvalue weighted by Gasteiger charge is -2.50. The van der Waals surface area contributed by atoms with Gasteiger partial charge < -0.3 is 24.0 Å². The number of ether oxygens (including phenoxy) is 3. The number of rotatable bonds is 8. The quantitative estimate of drug-likeness (QED) is 0.300. The molecule has 3 fully saturated rings. The van der Waals surface area contributed by atoms with E-state index in [0.29, 0.717) is 35.9 Å². The van der Waals surface area contributed by atoms with Crippen molar-refractivity contribution in [1.82, 2.24) is 4.90 Å². The maximum absolute atomic E-state index is 15.4. The molecule has 39 heavy (non-hydrogen) atoms. The van der Waals surface area contributed by atoms with Gasteiger partial charge in [0.1, 0.15) is 17.7 Å².